The fourth-order valence-electron chi connectivity index (χ4n) is 8.68. The molecule has 2 bridgehead atoms. The van der Waals surface area contributed by atoms with E-state index in [1.807, 2.05) is 65.6 Å². The summed E-state index contributed by atoms with van der Waals surface area (Å²) in [6.45, 7) is 2.28. The molecule has 3 aliphatic heterocycles. The number of nitriles is 1. The number of nitrogens with zero attached hydrogens (tertiary/aromatic N) is 6. The van der Waals surface area contributed by atoms with Crippen LogP contribution in [0.25, 0.3) is 32.8 Å². The number of fused-ring (bicyclic) bond motifs is 4. The highest BCUT2D eigenvalue weighted by molar-refractivity contribution is 6.32. The van der Waals surface area contributed by atoms with Gasteiger partial charge in [0.1, 0.15) is 42.1 Å². The maximum atomic E-state index is 18.1. The molecule has 13 heteroatoms. The zero-order chi connectivity index (χ0) is 39.9. The van der Waals surface area contributed by atoms with Gasteiger partial charge in [-0.2, -0.15) is 15.2 Å². The van der Waals surface area contributed by atoms with Gasteiger partial charge in [0.05, 0.1) is 28.2 Å². The van der Waals surface area contributed by atoms with Crippen LogP contribution < -0.4 is 19.1 Å². The monoisotopic (exact) mass is 798 g/mol. The van der Waals surface area contributed by atoms with Gasteiger partial charge >= 0.3 is 12.1 Å². The van der Waals surface area contributed by atoms with E-state index in [1.165, 1.54) is 4.90 Å². The number of benzene rings is 5. The summed E-state index contributed by atoms with van der Waals surface area (Å²) in [5.74, 6) is 0.378. The standard InChI is InChI=1S/C45H40ClFN6O5/c1-51-18-8-13-32(51)26-57-44-49-41-36(43(50-44)52-23-30-16-17-31(24-52)53(30)45(54)55)21-38(58-42-29(22-48)12-7-15-37(42)46)39(40(41)47)35-20-33(19-28-11-5-6-14-34(28)35)56-25-27-9-3-2-4-10-27/h2-7,9-12,14-15,19-21,30-32H,8,13,16-18,23-26H2,1H3,(H,54,55)/t30-,31+,32?. The summed E-state index contributed by atoms with van der Waals surface area (Å²) >= 11 is 6.69. The minimum atomic E-state index is -0.953. The van der Waals surface area contributed by atoms with Crippen LogP contribution in [0.5, 0.6) is 23.3 Å². The third-order valence-corrected chi connectivity index (χ3v) is 11.9. The number of hydrogen-bond acceptors (Lipinski definition) is 9. The number of ether oxygens (including phenoxy) is 3. The van der Waals surface area contributed by atoms with Crippen molar-refractivity contribution in [2.24, 2.45) is 0 Å². The van der Waals surface area contributed by atoms with Gasteiger partial charge in [-0.1, -0.05) is 72.3 Å². The predicted molar refractivity (Wildman–Crippen MR) is 219 cm³/mol. The number of rotatable bonds is 10. The van der Waals surface area contributed by atoms with Gasteiger partial charge in [-0.05, 0) is 91.5 Å². The maximum absolute atomic E-state index is 18.1. The van der Waals surface area contributed by atoms with E-state index in [-0.39, 0.29) is 63.9 Å². The summed E-state index contributed by atoms with van der Waals surface area (Å²) in [4.78, 5) is 27.7. The second-order valence-corrected chi connectivity index (χ2v) is 15.6. The minimum absolute atomic E-state index is 0.00879. The summed E-state index contributed by atoms with van der Waals surface area (Å²) in [5.41, 5.74) is 1.71. The van der Waals surface area contributed by atoms with E-state index >= 15 is 4.39 Å². The molecule has 1 aromatic heterocycles. The van der Waals surface area contributed by atoms with E-state index in [0.717, 1.165) is 35.7 Å². The summed E-state index contributed by atoms with van der Waals surface area (Å²) < 4.78 is 37.3. The molecule has 6 aromatic rings. The summed E-state index contributed by atoms with van der Waals surface area (Å²) in [6.07, 6.45) is 2.47. The summed E-state index contributed by atoms with van der Waals surface area (Å²) in [5, 5.41) is 22.2. The van der Waals surface area contributed by atoms with Crippen LogP contribution in [0, 0.1) is 17.1 Å². The third-order valence-electron chi connectivity index (χ3n) is 11.6. The molecule has 3 atom stereocenters. The van der Waals surface area contributed by atoms with Gasteiger partial charge < -0.3 is 29.1 Å². The number of carbonyl (C=O) groups is 1. The van der Waals surface area contributed by atoms with E-state index in [9.17, 15) is 15.2 Å². The minimum Gasteiger partial charge on any atom is -0.489 e. The van der Waals surface area contributed by atoms with Gasteiger partial charge in [0.2, 0.25) is 0 Å². The fourth-order valence-corrected chi connectivity index (χ4v) is 8.89. The van der Waals surface area contributed by atoms with E-state index in [1.54, 1.807) is 30.3 Å². The van der Waals surface area contributed by atoms with Crippen LogP contribution in [0.2, 0.25) is 5.02 Å². The highest BCUT2D eigenvalue weighted by Gasteiger charge is 2.44. The number of likely N-dealkylation sites (N-methyl/N-ethyl adjacent to an activating group) is 1. The molecule has 9 rings (SSSR count). The first-order valence-electron chi connectivity index (χ1n) is 19.5. The van der Waals surface area contributed by atoms with Gasteiger partial charge in [-0.25, -0.2) is 9.18 Å². The smallest absolute Gasteiger partial charge is 0.407 e. The Kier molecular flexibility index (Phi) is 10.1. The molecule has 5 aromatic carbocycles. The van der Waals surface area contributed by atoms with Crippen molar-refractivity contribution in [2.75, 3.05) is 38.2 Å². The van der Waals surface area contributed by atoms with Crippen molar-refractivity contribution in [2.45, 2.75) is 50.4 Å². The molecule has 11 nitrogen and oxygen atoms in total. The van der Waals surface area contributed by atoms with Crippen molar-refractivity contribution >= 4 is 45.2 Å². The average molecular weight is 799 g/mol. The van der Waals surface area contributed by atoms with Crippen molar-refractivity contribution in [1.29, 1.82) is 5.26 Å². The van der Waals surface area contributed by atoms with E-state index < -0.39 is 11.9 Å². The number of anilines is 1. The molecule has 3 saturated heterocycles. The Morgan fingerprint density at radius 2 is 1.72 bits per heavy atom. The van der Waals surface area contributed by atoms with E-state index in [4.69, 9.17) is 35.8 Å². The molecule has 294 valence electrons. The van der Waals surface area contributed by atoms with Crippen LogP contribution >= 0.6 is 11.6 Å². The molecular formula is C45H40ClFN6O5. The van der Waals surface area contributed by atoms with Gasteiger partial charge in [0, 0.05) is 24.5 Å². The molecule has 0 aliphatic carbocycles. The normalized spacial score (nSPS) is 19.1. The van der Waals surface area contributed by atoms with Crippen LogP contribution in [-0.2, 0) is 6.61 Å². The van der Waals surface area contributed by atoms with Crippen LogP contribution in [0.4, 0.5) is 15.0 Å². The van der Waals surface area contributed by atoms with Gasteiger partial charge in [0.25, 0.3) is 0 Å². The molecular weight excluding hydrogens is 759 g/mol. The second-order valence-electron chi connectivity index (χ2n) is 15.2. The molecule has 1 amide bonds. The van der Waals surface area contributed by atoms with Gasteiger partial charge in [-0.3, -0.25) is 4.90 Å². The van der Waals surface area contributed by atoms with E-state index in [0.29, 0.717) is 55.1 Å². The third kappa shape index (κ3) is 7.05. The number of piperazine rings is 1. The number of likely N-dealkylation sites (tertiary alicyclic amines) is 1. The molecule has 0 radical (unpaired) electrons. The number of carboxylic acid groups (broad SMARTS) is 1. The van der Waals surface area contributed by atoms with Crippen LogP contribution in [0.3, 0.4) is 0 Å². The Labute approximate surface area is 339 Å². The first kappa shape index (κ1) is 37.4. The van der Waals surface area contributed by atoms with Crippen LogP contribution in [-0.4, -0.2) is 82.4 Å². The lowest BCUT2D eigenvalue weighted by Gasteiger charge is -2.40. The lowest BCUT2D eigenvalue weighted by atomic mass is 9.95. The quantitative estimate of drug-likeness (QED) is 0.143. The van der Waals surface area contributed by atoms with Crippen molar-refractivity contribution in [3.05, 3.63) is 113 Å². The largest absolute Gasteiger partial charge is 0.489 e. The zero-order valence-corrected chi connectivity index (χ0v) is 32.5. The van der Waals surface area contributed by atoms with Crippen LogP contribution in [0.15, 0.2) is 91.0 Å². The number of hydrogen-bond donors (Lipinski definition) is 1. The maximum Gasteiger partial charge on any atom is 0.407 e. The lowest BCUT2D eigenvalue weighted by Crippen LogP contribution is -2.55. The Morgan fingerprint density at radius 3 is 2.47 bits per heavy atom. The second kappa shape index (κ2) is 15.6. The molecule has 0 spiro atoms. The van der Waals surface area contributed by atoms with Crippen molar-refractivity contribution < 1.29 is 28.5 Å². The molecule has 1 N–H and O–H groups in total. The molecule has 4 heterocycles. The molecule has 1 unspecified atom stereocenters. The predicted octanol–water partition coefficient (Wildman–Crippen LogP) is 9.29. The fraction of sp³-hybridized carbons (Fsp3) is 0.289. The Bertz CT molecular complexity index is 2570. The van der Waals surface area contributed by atoms with Gasteiger partial charge in [-0.15, -0.1) is 0 Å². The number of aromatic nitrogens is 2. The first-order valence-corrected chi connectivity index (χ1v) is 19.8. The SMILES string of the molecule is CN1CCCC1COc1nc(N2C[C@H]3CC[C@@H](C2)N3C(=O)O)c2cc(Oc3c(Cl)cccc3C#N)c(-c3cc(OCc4ccccc4)cc4ccccc34)c(F)c2n1. The average Bonchev–Trinajstić information content (AvgIpc) is 3.78. The number of halogens is 2. The zero-order valence-electron chi connectivity index (χ0n) is 31.8. The van der Waals surface area contributed by atoms with Crippen LogP contribution in [0.1, 0.15) is 36.8 Å². The topological polar surface area (TPSA) is 124 Å². The number of para-hydroxylation sites is 1. The van der Waals surface area contributed by atoms with Crippen molar-refractivity contribution in [3.8, 4) is 40.5 Å². The lowest BCUT2D eigenvalue weighted by molar-refractivity contribution is 0.114. The van der Waals surface area contributed by atoms with Crippen molar-refractivity contribution in [3.63, 3.8) is 0 Å². The Balaban J connectivity index is 1.25. The highest BCUT2D eigenvalue weighted by atomic mass is 35.5. The molecule has 3 fully saturated rings. The van der Waals surface area contributed by atoms with Gasteiger partial charge in [0.15, 0.2) is 11.6 Å². The molecule has 0 saturated carbocycles. The van der Waals surface area contributed by atoms with Crippen molar-refractivity contribution in [1.82, 2.24) is 19.8 Å². The first-order chi connectivity index (χ1) is 28.2. The highest BCUT2D eigenvalue weighted by Crippen LogP contribution is 2.47. The number of amides is 1. The molecule has 3 aliphatic rings. The summed E-state index contributed by atoms with van der Waals surface area (Å²) in [7, 11) is 2.05. The Hall–Kier alpha value is -6.16. The Morgan fingerprint density at radius 1 is 0.948 bits per heavy atom. The van der Waals surface area contributed by atoms with E-state index in [2.05, 4.69) is 18.0 Å². The molecule has 58 heavy (non-hydrogen) atoms. The summed E-state index contributed by atoms with van der Waals surface area (Å²) in [6, 6.07) is 29.5.